The molecule has 0 spiro atoms. The quantitative estimate of drug-likeness (QED) is 0.642. The first-order valence-electron chi connectivity index (χ1n) is 6.02. The van der Waals surface area contributed by atoms with Gasteiger partial charge in [0.15, 0.2) is 0 Å². The lowest BCUT2D eigenvalue weighted by atomic mass is 10.1. The predicted octanol–water partition coefficient (Wildman–Crippen LogP) is 3.59. The molecule has 0 aromatic heterocycles. The molecule has 18 heavy (non-hydrogen) atoms. The fourth-order valence-corrected chi connectivity index (χ4v) is 1.50. The number of nitro benzene ring substituents is 1. The van der Waals surface area contributed by atoms with E-state index in [1.807, 2.05) is 27.7 Å². The molecule has 1 rings (SSSR count). The van der Waals surface area contributed by atoms with Gasteiger partial charge in [-0.3, -0.25) is 10.1 Å². The summed E-state index contributed by atoms with van der Waals surface area (Å²) in [5, 5.41) is 14.1. The van der Waals surface area contributed by atoms with Gasteiger partial charge in [0.05, 0.1) is 17.6 Å². The first kappa shape index (κ1) is 14.3. The van der Waals surface area contributed by atoms with Gasteiger partial charge in [0.2, 0.25) is 0 Å². The number of rotatable bonds is 5. The van der Waals surface area contributed by atoms with Gasteiger partial charge < -0.3 is 10.1 Å². The van der Waals surface area contributed by atoms with Crippen molar-refractivity contribution < 1.29 is 9.66 Å². The topological polar surface area (TPSA) is 64.4 Å². The van der Waals surface area contributed by atoms with Crippen LogP contribution in [0.25, 0.3) is 0 Å². The van der Waals surface area contributed by atoms with Gasteiger partial charge in [-0.25, -0.2) is 0 Å². The van der Waals surface area contributed by atoms with Crippen molar-refractivity contribution in [3.05, 3.63) is 28.3 Å². The van der Waals surface area contributed by atoms with E-state index in [1.54, 1.807) is 6.07 Å². The first-order valence-corrected chi connectivity index (χ1v) is 6.02. The summed E-state index contributed by atoms with van der Waals surface area (Å²) in [6.45, 7) is 8.54. The summed E-state index contributed by atoms with van der Waals surface area (Å²) >= 11 is 0. The van der Waals surface area contributed by atoms with Crippen molar-refractivity contribution in [3.63, 3.8) is 0 Å². The van der Waals surface area contributed by atoms with Gasteiger partial charge in [-0.2, -0.15) is 0 Å². The van der Waals surface area contributed by atoms with E-state index in [1.165, 1.54) is 12.1 Å². The number of anilines is 1. The third-order valence-electron chi connectivity index (χ3n) is 2.09. The van der Waals surface area contributed by atoms with Gasteiger partial charge >= 0.3 is 0 Å². The summed E-state index contributed by atoms with van der Waals surface area (Å²) in [7, 11) is 0. The summed E-state index contributed by atoms with van der Waals surface area (Å²) in [4.78, 5) is 10.5. The minimum Gasteiger partial charge on any atom is -0.493 e. The summed E-state index contributed by atoms with van der Waals surface area (Å²) in [5.74, 6) is 0.526. The van der Waals surface area contributed by atoms with Crippen molar-refractivity contribution in [3.8, 4) is 5.75 Å². The molecule has 0 amide bonds. The van der Waals surface area contributed by atoms with Crippen molar-refractivity contribution in [2.75, 3.05) is 11.9 Å². The minimum absolute atomic E-state index is 0.0374. The van der Waals surface area contributed by atoms with Gasteiger partial charge in [-0.05, 0) is 27.2 Å². The van der Waals surface area contributed by atoms with Crippen molar-refractivity contribution >= 4 is 11.4 Å². The monoisotopic (exact) mass is 252 g/mol. The highest BCUT2D eigenvalue weighted by molar-refractivity contribution is 5.57. The van der Waals surface area contributed by atoms with Crippen LogP contribution in [0.1, 0.15) is 34.1 Å². The van der Waals surface area contributed by atoms with Gasteiger partial charge in [0.25, 0.3) is 5.69 Å². The lowest BCUT2D eigenvalue weighted by Gasteiger charge is -2.22. The maximum absolute atomic E-state index is 10.9. The fourth-order valence-electron chi connectivity index (χ4n) is 1.50. The zero-order valence-electron chi connectivity index (χ0n) is 11.3. The number of benzene rings is 1. The van der Waals surface area contributed by atoms with Crippen LogP contribution < -0.4 is 10.1 Å². The van der Waals surface area contributed by atoms with E-state index in [9.17, 15) is 10.1 Å². The second-order valence-corrected chi connectivity index (χ2v) is 5.20. The van der Waals surface area contributed by atoms with Crippen molar-refractivity contribution in [2.24, 2.45) is 0 Å². The van der Waals surface area contributed by atoms with Crippen LogP contribution in [-0.2, 0) is 0 Å². The maximum atomic E-state index is 10.9. The van der Waals surface area contributed by atoms with Crippen LogP contribution in [0.4, 0.5) is 11.4 Å². The molecule has 0 heterocycles. The maximum Gasteiger partial charge on any atom is 0.275 e. The Bertz CT molecular complexity index is 425. The summed E-state index contributed by atoms with van der Waals surface area (Å²) in [6, 6.07) is 4.75. The van der Waals surface area contributed by atoms with E-state index < -0.39 is 4.92 Å². The summed E-state index contributed by atoms with van der Waals surface area (Å²) in [5.41, 5.74) is 0.579. The molecule has 0 fully saturated rings. The number of hydrogen-bond donors (Lipinski definition) is 1. The number of nitro groups is 1. The Hall–Kier alpha value is -1.78. The molecule has 0 aliphatic carbocycles. The molecule has 1 aromatic carbocycles. The molecule has 5 nitrogen and oxygen atoms in total. The fraction of sp³-hybridized carbons (Fsp3) is 0.538. The SMILES string of the molecule is CCCOc1cc(NC(C)(C)C)cc([N+](=O)[O-])c1. The smallest absolute Gasteiger partial charge is 0.275 e. The molecule has 1 N–H and O–H groups in total. The number of hydrogen-bond acceptors (Lipinski definition) is 4. The molecule has 0 atom stereocenters. The molecule has 0 saturated carbocycles. The Kier molecular flexibility index (Phi) is 4.53. The third-order valence-corrected chi connectivity index (χ3v) is 2.09. The molecule has 5 heteroatoms. The molecule has 0 aliphatic heterocycles. The molecule has 1 aromatic rings. The highest BCUT2D eigenvalue weighted by atomic mass is 16.6. The van der Waals surface area contributed by atoms with Gasteiger partial charge in [-0.15, -0.1) is 0 Å². The Labute approximate surface area is 107 Å². The zero-order valence-corrected chi connectivity index (χ0v) is 11.3. The molecule has 0 aliphatic rings. The van der Waals surface area contributed by atoms with Crippen molar-refractivity contribution in [2.45, 2.75) is 39.7 Å². The van der Waals surface area contributed by atoms with Crippen LogP contribution >= 0.6 is 0 Å². The minimum atomic E-state index is -0.410. The number of ether oxygens (including phenoxy) is 1. The molecule has 0 bridgehead atoms. The molecule has 0 saturated heterocycles. The molecule has 0 radical (unpaired) electrons. The molecule has 100 valence electrons. The highest BCUT2D eigenvalue weighted by Gasteiger charge is 2.15. The Morgan fingerprint density at radius 2 is 2.00 bits per heavy atom. The first-order chi connectivity index (χ1) is 8.31. The number of non-ortho nitro benzene ring substituents is 1. The predicted molar refractivity (Wildman–Crippen MR) is 72.3 cm³/mol. The lowest BCUT2D eigenvalue weighted by Crippen LogP contribution is -2.26. The van der Waals surface area contributed by atoms with Crippen LogP contribution in [0.3, 0.4) is 0 Å². The van der Waals surface area contributed by atoms with E-state index in [2.05, 4.69) is 5.32 Å². The molecular formula is C13H20N2O3. The Balaban J connectivity index is 3.02. The average Bonchev–Trinajstić information content (AvgIpc) is 2.23. The Morgan fingerprint density at radius 1 is 1.33 bits per heavy atom. The summed E-state index contributed by atoms with van der Waals surface area (Å²) < 4.78 is 5.46. The van der Waals surface area contributed by atoms with Crippen molar-refractivity contribution in [1.82, 2.24) is 0 Å². The average molecular weight is 252 g/mol. The van der Waals surface area contributed by atoms with E-state index in [4.69, 9.17) is 4.74 Å². The van der Waals surface area contributed by atoms with E-state index in [0.717, 1.165) is 6.42 Å². The van der Waals surface area contributed by atoms with E-state index in [0.29, 0.717) is 18.0 Å². The van der Waals surface area contributed by atoms with Crippen molar-refractivity contribution in [1.29, 1.82) is 0 Å². The lowest BCUT2D eigenvalue weighted by molar-refractivity contribution is -0.384. The number of nitrogens with zero attached hydrogens (tertiary/aromatic N) is 1. The standard InChI is InChI=1S/C13H20N2O3/c1-5-6-18-12-8-10(14-13(2,3)4)7-11(9-12)15(16)17/h7-9,14H,5-6H2,1-4H3. The molecule has 0 unspecified atom stereocenters. The van der Waals surface area contributed by atoms with Crippen LogP contribution in [0.15, 0.2) is 18.2 Å². The van der Waals surface area contributed by atoms with Gasteiger partial charge in [0, 0.05) is 23.4 Å². The van der Waals surface area contributed by atoms with Crippen LogP contribution in [0.5, 0.6) is 5.75 Å². The molecular weight excluding hydrogens is 232 g/mol. The van der Waals surface area contributed by atoms with Crippen LogP contribution in [-0.4, -0.2) is 17.1 Å². The normalized spacial score (nSPS) is 11.1. The Morgan fingerprint density at radius 3 is 2.50 bits per heavy atom. The van der Waals surface area contributed by atoms with E-state index >= 15 is 0 Å². The summed E-state index contributed by atoms with van der Waals surface area (Å²) in [6.07, 6.45) is 0.866. The van der Waals surface area contributed by atoms with Crippen LogP contribution in [0.2, 0.25) is 0 Å². The number of nitrogens with one attached hydrogen (secondary N) is 1. The zero-order chi connectivity index (χ0) is 13.8. The van der Waals surface area contributed by atoms with Gasteiger partial charge in [0.1, 0.15) is 5.75 Å². The van der Waals surface area contributed by atoms with E-state index in [-0.39, 0.29) is 11.2 Å². The second kappa shape index (κ2) is 5.71. The third kappa shape index (κ3) is 4.61. The highest BCUT2D eigenvalue weighted by Crippen LogP contribution is 2.27. The largest absolute Gasteiger partial charge is 0.493 e. The van der Waals surface area contributed by atoms with Crippen LogP contribution in [0, 0.1) is 10.1 Å². The second-order valence-electron chi connectivity index (χ2n) is 5.20. The van der Waals surface area contributed by atoms with Gasteiger partial charge in [-0.1, -0.05) is 6.92 Å².